The molecule has 1 aromatic carbocycles. The van der Waals surface area contributed by atoms with Crippen molar-refractivity contribution >= 4 is 6.08 Å². The van der Waals surface area contributed by atoms with E-state index in [2.05, 4.69) is 0 Å². The Morgan fingerprint density at radius 2 is 2.33 bits per heavy atom. The number of nitrogens with two attached hydrogens (primary N) is 1. The van der Waals surface area contributed by atoms with Crippen molar-refractivity contribution in [2.24, 2.45) is 5.73 Å². The first-order valence-electron chi connectivity index (χ1n) is 3.85. The van der Waals surface area contributed by atoms with Crippen LogP contribution >= 0.6 is 0 Å². The molecule has 0 amide bonds. The van der Waals surface area contributed by atoms with Gasteiger partial charge >= 0.3 is 0 Å². The van der Waals surface area contributed by atoms with E-state index in [1.54, 1.807) is 6.07 Å². The van der Waals surface area contributed by atoms with E-state index in [-0.39, 0.29) is 5.82 Å². The maximum absolute atomic E-state index is 12.7. The molecule has 0 radical (unpaired) electrons. The van der Waals surface area contributed by atoms with Crippen LogP contribution in [0.4, 0.5) is 4.39 Å². The predicted molar refractivity (Wildman–Crippen MR) is 49.1 cm³/mol. The Kier molecular flexibility index (Phi) is 3.00. The van der Waals surface area contributed by atoms with Gasteiger partial charge in [0.05, 0.1) is 0 Å². The fraction of sp³-hybridized carbons (Fsp3) is 0.200. The normalized spacial score (nSPS) is 11.8. The van der Waals surface area contributed by atoms with Crippen molar-refractivity contribution in [3.05, 3.63) is 41.2 Å². The molecule has 1 aromatic rings. The highest BCUT2D eigenvalue weighted by Crippen LogP contribution is 2.07. The lowest BCUT2D eigenvalue weighted by Crippen LogP contribution is -1.99. The Balaban J connectivity index is 2.89. The second-order valence-corrected chi connectivity index (χ2v) is 2.75. The summed E-state index contributed by atoms with van der Waals surface area (Å²) < 4.78 is 12.7. The van der Waals surface area contributed by atoms with Crippen molar-refractivity contribution in [1.29, 1.82) is 0 Å². The average molecular weight is 165 g/mol. The summed E-state index contributed by atoms with van der Waals surface area (Å²) in [6.07, 6.45) is 1.88. The van der Waals surface area contributed by atoms with E-state index < -0.39 is 0 Å². The molecule has 0 aliphatic heterocycles. The van der Waals surface area contributed by atoms with Gasteiger partial charge in [-0.2, -0.15) is 0 Å². The average Bonchev–Trinajstić information content (AvgIpc) is 2.04. The van der Waals surface area contributed by atoms with Gasteiger partial charge in [0, 0.05) is 6.54 Å². The molecule has 0 aromatic heterocycles. The first-order valence-corrected chi connectivity index (χ1v) is 3.85. The monoisotopic (exact) mass is 165 g/mol. The Morgan fingerprint density at radius 3 is 2.92 bits per heavy atom. The van der Waals surface area contributed by atoms with E-state index >= 15 is 0 Å². The van der Waals surface area contributed by atoms with Gasteiger partial charge in [-0.05, 0) is 24.6 Å². The van der Waals surface area contributed by atoms with Crippen LogP contribution in [0, 0.1) is 5.82 Å². The van der Waals surface area contributed by atoms with E-state index in [4.69, 9.17) is 5.73 Å². The van der Waals surface area contributed by atoms with Crippen molar-refractivity contribution < 1.29 is 4.39 Å². The Hall–Kier alpha value is -1.15. The van der Waals surface area contributed by atoms with Crippen LogP contribution in [0.25, 0.3) is 6.08 Å². The van der Waals surface area contributed by atoms with Crippen LogP contribution in [0.1, 0.15) is 12.5 Å². The summed E-state index contributed by atoms with van der Waals surface area (Å²) in [4.78, 5) is 0. The van der Waals surface area contributed by atoms with Gasteiger partial charge in [-0.3, -0.25) is 0 Å². The minimum atomic E-state index is -0.214. The lowest BCUT2D eigenvalue weighted by molar-refractivity contribution is 0.627. The summed E-state index contributed by atoms with van der Waals surface area (Å²) in [6, 6.07) is 6.45. The van der Waals surface area contributed by atoms with Gasteiger partial charge in [-0.1, -0.05) is 23.8 Å². The van der Waals surface area contributed by atoms with Gasteiger partial charge < -0.3 is 5.73 Å². The number of rotatable bonds is 2. The molecule has 0 fully saturated rings. The molecule has 0 bridgehead atoms. The van der Waals surface area contributed by atoms with Crippen LogP contribution in [-0.4, -0.2) is 6.54 Å². The van der Waals surface area contributed by atoms with Crippen molar-refractivity contribution in [2.45, 2.75) is 6.92 Å². The Bertz CT molecular complexity index is 292. The van der Waals surface area contributed by atoms with Crippen LogP contribution in [0.5, 0.6) is 0 Å². The lowest BCUT2D eigenvalue weighted by atomic mass is 10.1. The third-order valence-corrected chi connectivity index (χ3v) is 1.58. The number of benzene rings is 1. The molecule has 0 heterocycles. The van der Waals surface area contributed by atoms with Crippen molar-refractivity contribution in [3.63, 3.8) is 0 Å². The molecule has 0 aliphatic carbocycles. The standard InChI is InChI=1S/C10H12FN/c1-8(7-12)5-9-3-2-4-10(11)6-9/h2-6H,7,12H2,1H3. The highest BCUT2D eigenvalue weighted by molar-refractivity contribution is 5.52. The molecule has 0 saturated carbocycles. The third-order valence-electron chi connectivity index (χ3n) is 1.58. The highest BCUT2D eigenvalue weighted by Gasteiger charge is 1.91. The second kappa shape index (κ2) is 4.02. The van der Waals surface area contributed by atoms with Crippen LogP contribution in [-0.2, 0) is 0 Å². The van der Waals surface area contributed by atoms with Crippen LogP contribution in [0.15, 0.2) is 29.8 Å². The van der Waals surface area contributed by atoms with Gasteiger partial charge in [0.25, 0.3) is 0 Å². The summed E-state index contributed by atoms with van der Waals surface area (Å²) in [7, 11) is 0. The summed E-state index contributed by atoms with van der Waals surface area (Å²) in [5.74, 6) is -0.214. The molecule has 2 N–H and O–H groups in total. The summed E-state index contributed by atoms with van der Waals surface area (Å²) in [5, 5.41) is 0. The molecule has 2 heteroatoms. The van der Waals surface area contributed by atoms with Crippen molar-refractivity contribution in [1.82, 2.24) is 0 Å². The SMILES string of the molecule is CC(=Cc1cccc(F)c1)CN. The zero-order valence-electron chi connectivity index (χ0n) is 7.05. The second-order valence-electron chi connectivity index (χ2n) is 2.75. The minimum absolute atomic E-state index is 0.214. The van der Waals surface area contributed by atoms with Crippen molar-refractivity contribution in [2.75, 3.05) is 6.54 Å². The lowest BCUT2D eigenvalue weighted by Gasteiger charge is -1.96. The molecular weight excluding hydrogens is 153 g/mol. The van der Waals surface area contributed by atoms with E-state index in [1.807, 2.05) is 19.1 Å². The Labute approximate surface area is 71.7 Å². The first-order chi connectivity index (χ1) is 5.72. The molecule has 64 valence electrons. The zero-order valence-corrected chi connectivity index (χ0v) is 7.05. The van der Waals surface area contributed by atoms with Gasteiger partial charge in [0.1, 0.15) is 5.82 Å². The molecule has 12 heavy (non-hydrogen) atoms. The largest absolute Gasteiger partial charge is 0.327 e. The first kappa shape index (κ1) is 8.94. The fourth-order valence-corrected chi connectivity index (χ4v) is 0.940. The van der Waals surface area contributed by atoms with E-state index in [9.17, 15) is 4.39 Å². The molecule has 0 atom stereocenters. The Morgan fingerprint density at radius 1 is 1.58 bits per heavy atom. The molecule has 0 spiro atoms. The fourth-order valence-electron chi connectivity index (χ4n) is 0.940. The van der Waals surface area contributed by atoms with Gasteiger partial charge in [0.15, 0.2) is 0 Å². The van der Waals surface area contributed by atoms with Gasteiger partial charge in [-0.25, -0.2) is 4.39 Å². The van der Waals surface area contributed by atoms with E-state index in [0.29, 0.717) is 6.54 Å². The maximum Gasteiger partial charge on any atom is 0.123 e. The summed E-state index contributed by atoms with van der Waals surface area (Å²) in [5.41, 5.74) is 7.30. The quantitative estimate of drug-likeness (QED) is 0.714. The number of hydrogen-bond donors (Lipinski definition) is 1. The third kappa shape index (κ3) is 2.47. The molecular formula is C10H12FN. The summed E-state index contributed by atoms with van der Waals surface area (Å²) >= 11 is 0. The van der Waals surface area contributed by atoms with E-state index in [0.717, 1.165) is 11.1 Å². The van der Waals surface area contributed by atoms with Gasteiger partial charge in [-0.15, -0.1) is 0 Å². The smallest absolute Gasteiger partial charge is 0.123 e. The van der Waals surface area contributed by atoms with Crippen molar-refractivity contribution in [3.8, 4) is 0 Å². The minimum Gasteiger partial charge on any atom is -0.327 e. The number of halogens is 1. The molecule has 0 aliphatic rings. The topological polar surface area (TPSA) is 26.0 Å². The predicted octanol–water partition coefficient (Wildman–Crippen LogP) is 2.19. The van der Waals surface area contributed by atoms with E-state index in [1.165, 1.54) is 12.1 Å². The van der Waals surface area contributed by atoms with Crippen LogP contribution in [0.2, 0.25) is 0 Å². The molecule has 0 unspecified atom stereocenters. The van der Waals surface area contributed by atoms with Crippen LogP contribution < -0.4 is 5.73 Å². The number of hydrogen-bond acceptors (Lipinski definition) is 1. The van der Waals surface area contributed by atoms with Gasteiger partial charge in [0.2, 0.25) is 0 Å². The highest BCUT2D eigenvalue weighted by atomic mass is 19.1. The summed E-state index contributed by atoms with van der Waals surface area (Å²) in [6.45, 7) is 2.43. The van der Waals surface area contributed by atoms with Crippen LogP contribution in [0.3, 0.4) is 0 Å². The molecule has 1 nitrogen and oxygen atoms in total. The maximum atomic E-state index is 12.7. The zero-order chi connectivity index (χ0) is 8.97. The molecule has 1 rings (SSSR count). The molecule has 0 saturated heterocycles.